The van der Waals surface area contributed by atoms with E-state index in [1.165, 1.54) is 32.4 Å². The maximum absolute atomic E-state index is 12.6. The number of methoxy groups -OCH3 is 2. The molecule has 0 atom stereocenters. The lowest BCUT2D eigenvalue weighted by Gasteiger charge is -2.10. The molecular formula is C17H13F3N2O3. The van der Waals surface area contributed by atoms with Crippen molar-refractivity contribution >= 4 is 11.6 Å². The molecule has 5 nitrogen and oxygen atoms in total. The number of phenolic OH excluding ortho intramolecular Hbond substituents is 1. The third kappa shape index (κ3) is 4.01. The number of aromatic hydroxyl groups is 1. The van der Waals surface area contributed by atoms with Crippen molar-refractivity contribution in [3.05, 3.63) is 47.3 Å². The number of aromatic nitrogens is 1. The van der Waals surface area contributed by atoms with Crippen LogP contribution in [0.25, 0.3) is 11.6 Å². The van der Waals surface area contributed by atoms with Crippen LogP contribution in [-0.2, 0) is 6.18 Å². The van der Waals surface area contributed by atoms with Crippen LogP contribution in [0.15, 0.2) is 30.5 Å². The molecule has 130 valence electrons. The lowest BCUT2D eigenvalue weighted by atomic mass is 10.1. The summed E-state index contributed by atoms with van der Waals surface area (Å²) >= 11 is 0. The Kier molecular flexibility index (Phi) is 5.17. The molecule has 0 fully saturated rings. The Bertz CT molecular complexity index is 813. The number of hydrogen-bond donors (Lipinski definition) is 1. The summed E-state index contributed by atoms with van der Waals surface area (Å²) in [6, 6.07) is 6.77. The van der Waals surface area contributed by atoms with E-state index in [4.69, 9.17) is 9.47 Å². The zero-order chi connectivity index (χ0) is 18.6. The number of pyridine rings is 1. The second kappa shape index (κ2) is 7.13. The molecule has 25 heavy (non-hydrogen) atoms. The second-order valence-corrected chi connectivity index (χ2v) is 4.87. The molecule has 1 heterocycles. The molecule has 0 amide bonds. The Labute approximate surface area is 141 Å². The number of allylic oxidation sites excluding steroid dienone is 1. The van der Waals surface area contributed by atoms with Crippen LogP contribution in [0.4, 0.5) is 13.2 Å². The molecule has 0 saturated heterocycles. The topological polar surface area (TPSA) is 75.4 Å². The van der Waals surface area contributed by atoms with Crippen molar-refractivity contribution in [1.82, 2.24) is 4.98 Å². The van der Waals surface area contributed by atoms with Crippen molar-refractivity contribution in [2.45, 2.75) is 6.18 Å². The van der Waals surface area contributed by atoms with E-state index < -0.39 is 11.7 Å². The highest BCUT2D eigenvalue weighted by Gasteiger charge is 2.30. The average molecular weight is 350 g/mol. The van der Waals surface area contributed by atoms with Gasteiger partial charge < -0.3 is 14.6 Å². The minimum atomic E-state index is -4.50. The Hall–Kier alpha value is -3.21. The Morgan fingerprint density at radius 2 is 1.80 bits per heavy atom. The van der Waals surface area contributed by atoms with Crippen LogP contribution in [0.2, 0.25) is 0 Å². The van der Waals surface area contributed by atoms with Crippen molar-refractivity contribution in [3.63, 3.8) is 0 Å². The summed E-state index contributed by atoms with van der Waals surface area (Å²) in [4.78, 5) is 3.69. The van der Waals surface area contributed by atoms with Gasteiger partial charge in [-0.3, -0.25) is 4.98 Å². The highest BCUT2D eigenvalue weighted by molar-refractivity contribution is 5.88. The highest BCUT2D eigenvalue weighted by atomic mass is 19.4. The summed E-state index contributed by atoms with van der Waals surface area (Å²) < 4.78 is 47.8. The van der Waals surface area contributed by atoms with Gasteiger partial charge in [-0.05, 0) is 35.9 Å². The largest absolute Gasteiger partial charge is 0.502 e. The third-order valence-corrected chi connectivity index (χ3v) is 3.30. The number of rotatable bonds is 4. The van der Waals surface area contributed by atoms with Crippen molar-refractivity contribution in [1.29, 1.82) is 5.26 Å². The van der Waals surface area contributed by atoms with Crippen LogP contribution in [0.5, 0.6) is 17.2 Å². The van der Waals surface area contributed by atoms with Crippen molar-refractivity contribution in [3.8, 4) is 23.3 Å². The van der Waals surface area contributed by atoms with Gasteiger partial charge in [-0.25, -0.2) is 0 Å². The van der Waals surface area contributed by atoms with Gasteiger partial charge in [0.15, 0.2) is 11.5 Å². The molecule has 0 aliphatic rings. The van der Waals surface area contributed by atoms with Gasteiger partial charge >= 0.3 is 6.18 Å². The second-order valence-electron chi connectivity index (χ2n) is 4.87. The van der Waals surface area contributed by atoms with Crippen LogP contribution in [0.3, 0.4) is 0 Å². The van der Waals surface area contributed by atoms with Gasteiger partial charge in [-0.1, -0.05) is 0 Å². The molecule has 2 aromatic rings. The summed E-state index contributed by atoms with van der Waals surface area (Å²) in [5.41, 5.74) is -0.323. The number of ether oxygens (including phenoxy) is 2. The molecule has 0 bridgehead atoms. The molecule has 2 rings (SSSR count). The summed E-state index contributed by atoms with van der Waals surface area (Å²) in [6.45, 7) is 0. The first-order valence-electron chi connectivity index (χ1n) is 6.90. The Morgan fingerprint density at radius 1 is 1.20 bits per heavy atom. The number of benzene rings is 1. The van der Waals surface area contributed by atoms with E-state index in [1.807, 2.05) is 6.07 Å². The molecule has 0 aliphatic carbocycles. The van der Waals surface area contributed by atoms with Gasteiger partial charge in [0, 0.05) is 6.20 Å². The van der Waals surface area contributed by atoms with Gasteiger partial charge in [-0.2, -0.15) is 18.4 Å². The zero-order valence-corrected chi connectivity index (χ0v) is 13.3. The van der Waals surface area contributed by atoms with Gasteiger partial charge in [0.05, 0.1) is 31.1 Å². The van der Waals surface area contributed by atoms with Crippen LogP contribution in [-0.4, -0.2) is 24.3 Å². The minimum absolute atomic E-state index is 0.0449. The summed E-state index contributed by atoms with van der Waals surface area (Å²) in [7, 11) is 2.70. The lowest BCUT2D eigenvalue weighted by molar-refractivity contribution is -0.137. The van der Waals surface area contributed by atoms with Crippen LogP contribution in [0, 0.1) is 11.3 Å². The molecule has 0 radical (unpaired) electrons. The predicted molar refractivity (Wildman–Crippen MR) is 83.9 cm³/mol. The number of nitriles is 1. The van der Waals surface area contributed by atoms with E-state index in [0.717, 1.165) is 12.1 Å². The van der Waals surface area contributed by atoms with Crippen molar-refractivity contribution < 1.29 is 27.8 Å². The maximum atomic E-state index is 12.6. The van der Waals surface area contributed by atoms with Crippen molar-refractivity contribution in [2.24, 2.45) is 0 Å². The first-order valence-corrected chi connectivity index (χ1v) is 6.90. The first-order chi connectivity index (χ1) is 11.8. The fourth-order valence-corrected chi connectivity index (χ4v) is 2.05. The standard InChI is InChI=1S/C17H13F3N2O3/c1-24-14-6-10(7-15(25-2)16(14)23)5-11(8-21)13-4-3-12(9-22-13)17(18,19)20/h3-7,9,23H,1-2H3. The molecule has 1 aromatic carbocycles. The molecule has 8 heteroatoms. The first kappa shape index (κ1) is 18.1. The fourth-order valence-electron chi connectivity index (χ4n) is 2.05. The van der Waals surface area contributed by atoms with E-state index in [0.29, 0.717) is 11.8 Å². The van der Waals surface area contributed by atoms with E-state index in [9.17, 15) is 23.5 Å². The number of phenols is 1. The monoisotopic (exact) mass is 350 g/mol. The highest BCUT2D eigenvalue weighted by Crippen LogP contribution is 2.38. The van der Waals surface area contributed by atoms with Gasteiger partial charge in [0.2, 0.25) is 5.75 Å². The molecule has 1 aromatic heterocycles. The van der Waals surface area contributed by atoms with Gasteiger partial charge in [0.1, 0.15) is 6.07 Å². The quantitative estimate of drug-likeness (QED) is 0.847. The molecule has 0 saturated carbocycles. The number of halogens is 3. The summed E-state index contributed by atoms with van der Waals surface area (Å²) in [5, 5.41) is 19.2. The molecule has 0 unspecified atom stereocenters. The Morgan fingerprint density at radius 3 is 2.20 bits per heavy atom. The van der Waals surface area contributed by atoms with E-state index in [2.05, 4.69) is 4.98 Å². The van der Waals surface area contributed by atoms with E-state index >= 15 is 0 Å². The van der Waals surface area contributed by atoms with Crippen LogP contribution in [0.1, 0.15) is 16.8 Å². The van der Waals surface area contributed by atoms with Crippen LogP contribution >= 0.6 is 0 Å². The van der Waals surface area contributed by atoms with E-state index in [1.54, 1.807) is 0 Å². The molecule has 0 spiro atoms. The maximum Gasteiger partial charge on any atom is 0.417 e. The minimum Gasteiger partial charge on any atom is -0.502 e. The van der Waals surface area contributed by atoms with Crippen molar-refractivity contribution in [2.75, 3.05) is 14.2 Å². The average Bonchev–Trinajstić information content (AvgIpc) is 2.60. The third-order valence-electron chi connectivity index (χ3n) is 3.30. The molecule has 0 aliphatic heterocycles. The molecule has 1 N–H and O–H groups in total. The SMILES string of the molecule is COc1cc(C=C(C#N)c2ccc(C(F)(F)F)cn2)cc(OC)c1O. The smallest absolute Gasteiger partial charge is 0.417 e. The van der Waals surface area contributed by atoms with E-state index in [-0.39, 0.29) is 28.5 Å². The molecular weight excluding hydrogens is 337 g/mol. The Balaban J connectivity index is 2.46. The summed E-state index contributed by atoms with van der Waals surface area (Å²) in [6.07, 6.45) is -2.43. The number of hydrogen-bond acceptors (Lipinski definition) is 5. The summed E-state index contributed by atoms with van der Waals surface area (Å²) in [5.74, 6) is 0.0554. The van der Waals surface area contributed by atoms with Gasteiger partial charge in [-0.15, -0.1) is 0 Å². The van der Waals surface area contributed by atoms with Gasteiger partial charge in [0.25, 0.3) is 0 Å². The zero-order valence-electron chi connectivity index (χ0n) is 13.3. The fraction of sp³-hybridized carbons (Fsp3) is 0.176. The predicted octanol–water partition coefficient (Wildman–Crippen LogP) is 3.89. The number of nitrogens with zero attached hydrogens (tertiary/aromatic N) is 2. The lowest BCUT2D eigenvalue weighted by Crippen LogP contribution is -2.05. The number of alkyl halides is 3. The van der Waals surface area contributed by atoms with Crippen LogP contribution < -0.4 is 9.47 Å². The normalized spacial score (nSPS) is 11.8.